The largest absolute Gasteiger partial charge is 0.482 e. The number of ether oxygens (including phenoxy) is 1. The normalized spacial score (nSPS) is 12.6. The third-order valence-corrected chi connectivity index (χ3v) is 4.79. The molecule has 31 heavy (non-hydrogen) atoms. The van der Waals surface area contributed by atoms with Crippen molar-refractivity contribution in [2.45, 2.75) is 0 Å². The van der Waals surface area contributed by atoms with Crippen molar-refractivity contribution in [1.82, 2.24) is 14.3 Å². The summed E-state index contributed by atoms with van der Waals surface area (Å²) in [5, 5.41) is 9.76. The Bertz CT molecular complexity index is 1300. The molecule has 5 rings (SSSR count). The first-order chi connectivity index (χ1) is 15.1. The van der Waals surface area contributed by atoms with E-state index >= 15 is 0 Å². The van der Waals surface area contributed by atoms with Crippen LogP contribution in [0.4, 0.5) is 15.8 Å². The number of carbonyl (C=O) groups excluding carboxylic acids is 2. The molecular formula is C22H16FN5O3. The maximum absolute atomic E-state index is 14.4. The highest BCUT2D eigenvalue weighted by Crippen LogP contribution is 2.31. The van der Waals surface area contributed by atoms with Crippen molar-refractivity contribution in [3.63, 3.8) is 0 Å². The molecule has 0 radical (unpaired) electrons. The van der Waals surface area contributed by atoms with Gasteiger partial charge in [-0.15, -0.1) is 0 Å². The van der Waals surface area contributed by atoms with E-state index < -0.39 is 11.7 Å². The molecule has 4 aromatic rings. The van der Waals surface area contributed by atoms with E-state index in [0.29, 0.717) is 22.9 Å². The van der Waals surface area contributed by atoms with Crippen molar-refractivity contribution in [3.8, 4) is 17.3 Å². The van der Waals surface area contributed by atoms with Crippen LogP contribution in [0.25, 0.3) is 11.5 Å². The molecule has 0 saturated carbocycles. The number of benzene rings is 2. The van der Waals surface area contributed by atoms with Gasteiger partial charge in [0.1, 0.15) is 22.8 Å². The molecule has 0 aliphatic carbocycles. The van der Waals surface area contributed by atoms with Gasteiger partial charge in [-0.3, -0.25) is 9.59 Å². The minimum Gasteiger partial charge on any atom is -0.482 e. The third-order valence-electron chi connectivity index (χ3n) is 4.79. The summed E-state index contributed by atoms with van der Waals surface area (Å²) >= 11 is 0. The number of rotatable bonds is 4. The Morgan fingerprint density at radius 2 is 1.94 bits per heavy atom. The molecule has 9 heteroatoms. The Labute approximate surface area is 175 Å². The number of hydrogen-bond donors (Lipinski definition) is 2. The van der Waals surface area contributed by atoms with Crippen molar-refractivity contribution < 1.29 is 18.7 Å². The lowest BCUT2D eigenvalue weighted by molar-refractivity contribution is -0.118. The molecule has 0 unspecified atom stereocenters. The fourth-order valence-electron chi connectivity index (χ4n) is 3.39. The summed E-state index contributed by atoms with van der Waals surface area (Å²) in [6, 6.07) is 14.8. The lowest BCUT2D eigenvalue weighted by Gasteiger charge is -2.18. The molecule has 8 nitrogen and oxygen atoms in total. The Morgan fingerprint density at radius 1 is 1.13 bits per heavy atom. The highest BCUT2D eigenvalue weighted by Gasteiger charge is 2.22. The second kappa shape index (κ2) is 7.45. The van der Waals surface area contributed by atoms with Crippen LogP contribution < -0.4 is 15.4 Å². The molecule has 3 heterocycles. The lowest BCUT2D eigenvalue weighted by atomic mass is 10.2. The summed E-state index contributed by atoms with van der Waals surface area (Å²) in [7, 11) is 0. The van der Waals surface area contributed by atoms with Gasteiger partial charge in [0, 0.05) is 18.1 Å². The van der Waals surface area contributed by atoms with Crippen LogP contribution in [0, 0.1) is 5.82 Å². The van der Waals surface area contributed by atoms with Gasteiger partial charge in [0.15, 0.2) is 12.4 Å². The summed E-state index contributed by atoms with van der Waals surface area (Å²) in [5.74, 6) is -0.247. The molecule has 0 fully saturated rings. The zero-order valence-corrected chi connectivity index (χ0v) is 16.1. The SMILES string of the molecule is O=C1COc2ccc(NC(=O)c3cnn(-c4ccccc4F)c3-n3cccc3)cc2N1. The van der Waals surface area contributed by atoms with Crippen LogP contribution in [0.15, 0.2) is 73.2 Å². The predicted octanol–water partition coefficient (Wildman–Crippen LogP) is 3.39. The number of anilines is 2. The molecule has 0 saturated heterocycles. The summed E-state index contributed by atoms with van der Waals surface area (Å²) in [5.41, 5.74) is 1.41. The number of halogens is 1. The highest BCUT2D eigenvalue weighted by atomic mass is 19.1. The molecular weight excluding hydrogens is 401 g/mol. The number of nitrogens with one attached hydrogen (secondary N) is 2. The van der Waals surface area contributed by atoms with E-state index in [1.807, 2.05) is 0 Å². The first-order valence-electron chi connectivity index (χ1n) is 9.44. The topological polar surface area (TPSA) is 90.2 Å². The van der Waals surface area contributed by atoms with Gasteiger partial charge in [0.25, 0.3) is 11.8 Å². The smallest absolute Gasteiger partial charge is 0.262 e. The quantitative estimate of drug-likeness (QED) is 0.533. The number of hydrogen-bond acceptors (Lipinski definition) is 4. The maximum Gasteiger partial charge on any atom is 0.262 e. The number of aromatic nitrogens is 3. The number of amides is 2. The molecule has 2 N–H and O–H groups in total. The van der Waals surface area contributed by atoms with Crippen molar-refractivity contribution in [3.05, 3.63) is 84.6 Å². The molecule has 2 amide bonds. The molecule has 1 aliphatic heterocycles. The molecule has 0 bridgehead atoms. The Balaban J connectivity index is 1.52. The van der Waals surface area contributed by atoms with Crippen LogP contribution in [0.2, 0.25) is 0 Å². The summed E-state index contributed by atoms with van der Waals surface area (Å²) in [6.07, 6.45) is 4.88. The fraction of sp³-hybridized carbons (Fsp3) is 0.0455. The molecule has 0 spiro atoms. The van der Waals surface area contributed by atoms with Gasteiger partial charge in [0.05, 0.1) is 11.9 Å². The maximum atomic E-state index is 14.4. The second-order valence-electron chi connectivity index (χ2n) is 6.84. The van der Waals surface area contributed by atoms with Crippen molar-refractivity contribution >= 4 is 23.2 Å². The summed E-state index contributed by atoms with van der Waals surface area (Å²) in [6.45, 7) is -0.0475. The summed E-state index contributed by atoms with van der Waals surface area (Å²) in [4.78, 5) is 24.7. The van der Waals surface area contributed by atoms with E-state index in [0.717, 1.165) is 0 Å². The van der Waals surface area contributed by atoms with Gasteiger partial charge in [-0.05, 0) is 42.5 Å². The average molecular weight is 417 g/mol. The van der Waals surface area contributed by atoms with Crippen LogP contribution >= 0.6 is 0 Å². The Kier molecular flexibility index (Phi) is 4.47. The molecule has 154 valence electrons. The Hall–Kier alpha value is -4.40. The molecule has 2 aromatic carbocycles. The van der Waals surface area contributed by atoms with E-state index in [1.165, 1.54) is 16.9 Å². The van der Waals surface area contributed by atoms with Crippen molar-refractivity contribution in [1.29, 1.82) is 0 Å². The highest BCUT2D eigenvalue weighted by molar-refractivity contribution is 6.07. The minimum absolute atomic E-state index is 0.0475. The van der Waals surface area contributed by atoms with E-state index in [1.54, 1.807) is 65.5 Å². The van der Waals surface area contributed by atoms with Crippen LogP contribution in [0.1, 0.15) is 10.4 Å². The zero-order valence-electron chi connectivity index (χ0n) is 16.1. The van der Waals surface area contributed by atoms with Gasteiger partial charge in [-0.1, -0.05) is 12.1 Å². The third kappa shape index (κ3) is 3.42. The van der Waals surface area contributed by atoms with Crippen LogP contribution in [0.3, 0.4) is 0 Å². The van der Waals surface area contributed by atoms with Gasteiger partial charge in [-0.2, -0.15) is 5.10 Å². The minimum atomic E-state index is -0.462. The van der Waals surface area contributed by atoms with E-state index in [9.17, 15) is 14.0 Å². The zero-order chi connectivity index (χ0) is 21.4. The molecule has 2 aromatic heterocycles. The van der Waals surface area contributed by atoms with Crippen LogP contribution in [0.5, 0.6) is 5.75 Å². The van der Waals surface area contributed by atoms with Gasteiger partial charge in [-0.25, -0.2) is 9.07 Å². The number of para-hydroxylation sites is 1. The molecule has 1 aliphatic rings. The fourth-order valence-corrected chi connectivity index (χ4v) is 3.39. The van der Waals surface area contributed by atoms with Crippen molar-refractivity contribution in [2.24, 2.45) is 0 Å². The van der Waals surface area contributed by atoms with Crippen LogP contribution in [-0.2, 0) is 4.79 Å². The Morgan fingerprint density at radius 3 is 2.74 bits per heavy atom. The van der Waals surface area contributed by atoms with Gasteiger partial charge < -0.3 is 19.9 Å². The van der Waals surface area contributed by atoms with Gasteiger partial charge >= 0.3 is 0 Å². The first-order valence-corrected chi connectivity index (χ1v) is 9.44. The van der Waals surface area contributed by atoms with Gasteiger partial charge in [0.2, 0.25) is 0 Å². The number of carbonyl (C=O) groups is 2. The standard InChI is InChI=1S/C22H16FN5O3/c23-16-5-1-2-6-18(16)28-22(27-9-3-4-10-27)15(12-24-28)21(30)25-14-7-8-19-17(11-14)26-20(29)13-31-19/h1-12H,13H2,(H,25,30)(H,26,29). The number of fused-ring (bicyclic) bond motifs is 1. The van der Waals surface area contributed by atoms with E-state index in [2.05, 4.69) is 15.7 Å². The monoisotopic (exact) mass is 417 g/mol. The molecule has 0 atom stereocenters. The van der Waals surface area contributed by atoms with Crippen molar-refractivity contribution in [2.75, 3.05) is 17.2 Å². The van der Waals surface area contributed by atoms with E-state index in [-0.39, 0.29) is 23.8 Å². The van der Waals surface area contributed by atoms with E-state index in [4.69, 9.17) is 4.74 Å². The average Bonchev–Trinajstić information content (AvgIpc) is 3.43. The number of nitrogens with zero attached hydrogens (tertiary/aromatic N) is 3. The summed E-state index contributed by atoms with van der Waals surface area (Å²) < 4.78 is 22.8. The first kappa shape index (κ1) is 18.6. The lowest BCUT2D eigenvalue weighted by Crippen LogP contribution is -2.25. The second-order valence-corrected chi connectivity index (χ2v) is 6.84. The predicted molar refractivity (Wildman–Crippen MR) is 111 cm³/mol. The van der Waals surface area contributed by atoms with Crippen LogP contribution in [-0.4, -0.2) is 32.8 Å².